The molecule has 1 aromatic heterocycles. The number of nitro benzene ring substituents is 1. The highest BCUT2D eigenvalue weighted by molar-refractivity contribution is 6.32. The third kappa shape index (κ3) is 3.34. The minimum absolute atomic E-state index is 0.104. The second-order valence-corrected chi connectivity index (χ2v) is 4.73. The molecular formula is C13H15ClN4O2. The van der Waals surface area contributed by atoms with E-state index in [1.54, 1.807) is 16.9 Å². The zero-order valence-electron chi connectivity index (χ0n) is 11.0. The molecular weight excluding hydrogens is 280 g/mol. The average molecular weight is 295 g/mol. The number of benzene rings is 1. The van der Waals surface area contributed by atoms with Gasteiger partial charge in [0.1, 0.15) is 5.02 Å². The fourth-order valence-corrected chi connectivity index (χ4v) is 2.02. The van der Waals surface area contributed by atoms with Crippen LogP contribution >= 0.6 is 11.6 Å². The highest BCUT2D eigenvalue weighted by Crippen LogP contribution is 2.26. The summed E-state index contributed by atoms with van der Waals surface area (Å²) in [7, 11) is 0. The molecule has 0 spiro atoms. The molecule has 0 fully saturated rings. The summed E-state index contributed by atoms with van der Waals surface area (Å²) in [5.41, 5.74) is 1.50. The molecule has 1 aromatic carbocycles. The fourth-order valence-electron chi connectivity index (χ4n) is 1.78. The molecule has 1 N–H and O–H groups in total. The predicted molar refractivity (Wildman–Crippen MR) is 77.2 cm³/mol. The molecule has 0 unspecified atom stereocenters. The van der Waals surface area contributed by atoms with E-state index in [0.29, 0.717) is 12.2 Å². The Morgan fingerprint density at radius 3 is 2.90 bits per heavy atom. The molecule has 0 saturated carbocycles. The van der Waals surface area contributed by atoms with Crippen LogP contribution in [0.15, 0.2) is 30.5 Å². The van der Waals surface area contributed by atoms with Crippen LogP contribution < -0.4 is 5.32 Å². The van der Waals surface area contributed by atoms with Crippen LogP contribution in [0.25, 0.3) is 5.69 Å². The van der Waals surface area contributed by atoms with E-state index in [0.717, 1.165) is 18.7 Å². The number of hydrogen-bond acceptors (Lipinski definition) is 4. The van der Waals surface area contributed by atoms with Gasteiger partial charge in [-0.1, -0.05) is 18.5 Å². The fraction of sp³-hybridized carbons (Fsp3) is 0.308. The second kappa shape index (κ2) is 6.49. The number of aromatic nitrogens is 2. The number of nitrogens with zero attached hydrogens (tertiary/aromatic N) is 3. The topological polar surface area (TPSA) is 73.0 Å². The lowest BCUT2D eigenvalue weighted by atomic mass is 10.3. The quantitative estimate of drug-likeness (QED) is 0.505. The summed E-state index contributed by atoms with van der Waals surface area (Å²) in [5.74, 6) is 0. The van der Waals surface area contributed by atoms with Crippen molar-refractivity contribution < 1.29 is 4.92 Å². The van der Waals surface area contributed by atoms with E-state index < -0.39 is 4.92 Å². The standard InChI is InChI=1S/C13H15ClN4O2/c1-2-6-15-9-10-5-7-17(16-10)11-3-4-13(18(19)20)12(14)8-11/h3-5,7-8,15H,2,6,9H2,1H3. The van der Waals surface area contributed by atoms with Crippen molar-refractivity contribution in [2.24, 2.45) is 0 Å². The molecule has 0 aliphatic heterocycles. The minimum Gasteiger partial charge on any atom is -0.311 e. The molecule has 2 aromatic rings. The van der Waals surface area contributed by atoms with Gasteiger partial charge in [0.05, 0.1) is 16.3 Å². The number of halogens is 1. The largest absolute Gasteiger partial charge is 0.311 e. The van der Waals surface area contributed by atoms with Crippen LogP contribution in [0.4, 0.5) is 5.69 Å². The van der Waals surface area contributed by atoms with Crippen molar-refractivity contribution in [3.63, 3.8) is 0 Å². The van der Waals surface area contributed by atoms with Crippen LogP contribution in [0, 0.1) is 10.1 Å². The molecule has 0 atom stereocenters. The normalized spacial score (nSPS) is 10.7. The van der Waals surface area contributed by atoms with Crippen molar-refractivity contribution >= 4 is 17.3 Å². The van der Waals surface area contributed by atoms with E-state index in [9.17, 15) is 10.1 Å². The smallest absolute Gasteiger partial charge is 0.288 e. The summed E-state index contributed by atoms with van der Waals surface area (Å²) < 4.78 is 1.65. The SMILES string of the molecule is CCCNCc1ccn(-c2ccc([N+](=O)[O-])c(Cl)c2)n1. The Labute approximate surface area is 121 Å². The van der Waals surface area contributed by atoms with Crippen LogP contribution in [0.3, 0.4) is 0 Å². The molecule has 20 heavy (non-hydrogen) atoms. The van der Waals surface area contributed by atoms with Gasteiger partial charge in [-0.3, -0.25) is 10.1 Å². The summed E-state index contributed by atoms with van der Waals surface area (Å²) in [4.78, 5) is 10.2. The number of hydrogen-bond donors (Lipinski definition) is 1. The first-order chi connectivity index (χ1) is 9.61. The Morgan fingerprint density at radius 2 is 2.25 bits per heavy atom. The Bertz CT molecular complexity index is 612. The first-order valence-corrected chi connectivity index (χ1v) is 6.69. The van der Waals surface area contributed by atoms with E-state index in [1.807, 2.05) is 6.07 Å². The highest BCUT2D eigenvalue weighted by atomic mass is 35.5. The monoisotopic (exact) mass is 294 g/mol. The Morgan fingerprint density at radius 1 is 1.45 bits per heavy atom. The first-order valence-electron chi connectivity index (χ1n) is 6.31. The van der Waals surface area contributed by atoms with Gasteiger partial charge in [-0.2, -0.15) is 5.10 Å². The van der Waals surface area contributed by atoms with Crippen molar-refractivity contribution in [3.05, 3.63) is 51.3 Å². The van der Waals surface area contributed by atoms with Gasteiger partial charge in [0.2, 0.25) is 0 Å². The molecule has 2 rings (SSSR count). The van der Waals surface area contributed by atoms with Crippen molar-refractivity contribution in [2.75, 3.05) is 6.54 Å². The van der Waals surface area contributed by atoms with Crippen molar-refractivity contribution in [2.45, 2.75) is 19.9 Å². The molecule has 0 bridgehead atoms. The van der Waals surface area contributed by atoms with Crippen LogP contribution in [-0.4, -0.2) is 21.2 Å². The Hall–Kier alpha value is -1.92. The van der Waals surface area contributed by atoms with Gasteiger partial charge in [0.25, 0.3) is 5.69 Å². The third-order valence-electron chi connectivity index (χ3n) is 2.77. The van der Waals surface area contributed by atoms with E-state index >= 15 is 0 Å². The Balaban J connectivity index is 2.15. The van der Waals surface area contributed by atoms with Gasteiger partial charge in [0, 0.05) is 18.8 Å². The van der Waals surface area contributed by atoms with Crippen LogP contribution in [-0.2, 0) is 6.54 Å². The second-order valence-electron chi connectivity index (χ2n) is 4.32. The van der Waals surface area contributed by atoms with Gasteiger partial charge in [0.15, 0.2) is 0 Å². The van der Waals surface area contributed by atoms with E-state index in [4.69, 9.17) is 11.6 Å². The van der Waals surface area contributed by atoms with Gasteiger partial charge in [-0.25, -0.2) is 4.68 Å². The molecule has 106 valence electrons. The summed E-state index contributed by atoms with van der Waals surface area (Å²) in [6, 6.07) is 6.45. The number of rotatable bonds is 6. The van der Waals surface area contributed by atoms with Crippen LogP contribution in [0.5, 0.6) is 0 Å². The summed E-state index contributed by atoms with van der Waals surface area (Å²) >= 11 is 5.89. The van der Waals surface area contributed by atoms with Crippen LogP contribution in [0.2, 0.25) is 5.02 Å². The molecule has 0 radical (unpaired) electrons. The van der Waals surface area contributed by atoms with E-state index in [1.165, 1.54) is 12.1 Å². The molecule has 0 amide bonds. The summed E-state index contributed by atoms with van der Waals surface area (Å²) in [5, 5.41) is 18.5. The summed E-state index contributed by atoms with van der Waals surface area (Å²) in [6.07, 6.45) is 2.87. The molecule has 0 saturated heterocycles. The van der Waals surface area contributed by atoms with Crippen molar-refractivity contribution in [1.29, 1.82) is 0 Å². The van der Waals surface area contributed by atoms with Crippen molar-refractivity contribution in [1.82, 2.24) is 15.1 Å². The van der Waals surface area contributed by atoms with Gasteiger partial charge in [-0.05, 0) is 31.2 Å². The summed E-state index contributed by atoms with van der Waals surface area (Å²) in [6.45, 7) is 3.74. The third-order valence-corrected chi connectivity index (χ3v) is 3.07. The van der Waals surface area contributed by atoms with E-state index in [2.05, 4.69) is 17.3 Å². The maximum absolute atomic E-state index is 10.7. The lowest BCUT2D eigenvalue weighted by molar-refractivity contribution is -0.384. The molecule has 0 aliphatic rings. The minimum atomic E-state index is -0.505. The zero-order chi connectivity index (χ0) is 14.5. The zero-order valence-corrected chi connectivity index (χ0v) is 11.8. The van der Waals surface area contributed by atoms with E-state index in [-0.39, 0.29) is 10.7 Å². The first kappa shape index (κ1) is 14.5. The number of nitrogens with one attached hydrogen (secondary N) is 1. The van der Waals surface area contributed by atoms with Gasteiger partial charge in [-0.15, -0.1) is 0 Å². The lowest BCUT2D eigenvalue weighted by Gasteiger charge is -2.03. The lowest BCUT2D eigenvalue weighted by Crippen LogP contribution is -2.14. The van der Waals surface area contributed by atoms with Gasteiger partial charge >= 0.3 is 0 Å². The van der Waals surface area contributed by atoms with Crippen molar-refractivity contribution in [3.8, 4) is 5.69 Å². The van der Waals surface area contributed by atoms with Gasteiger partial charge < -0.3 is 5.32 Å². The molecule has 6 nitrogen and oxygen atoms in total. The predicted octanol–water partition coefficient (Wildman–Crippen LogP) is 2.93. The van der Waals surface area contributed by atoms with Crippen LogP contribution in [0.1, 0.15) is 19.0 Å². The molecule has 0 aliphatic carbocycles. The highest BCUT2D eigenvalue weighted by Gasteiger charge is 2.13. The number of nitro groups is 1. The average Bonchev–Trinajstić information content (AvgIpc) is 2.87. The maximum atomic E-state index is 10.7. The molecule has 7 heteroatoms. The maximum Gasteiger partial charge on any atom is 0.288 e. The Kier molecular flexibility index (Phi) is 4.70. The molecule has 1 heterocycles.